The number of rotatable bonds is 3. The molecule has 2 aromatic rings. The topological polar surface area (TPSA) is 79.8 Å². The summed E-state index contributed by atoms with van der Waals surface area (Å²) in [5.41, 5.74) is 0.444. The molecule has 1 atom stereocenters. The van der Waals surface area contributed by atoms with Gasteiger partial charge in [0, 0.05) is 24.0 Å². The summed E-state index contributed by atoms with van der Waals surface area (Å²) in [4.78, 5) is 24.8. The van der Waals surface area contributed by atoms with Gasteiger partial charge in [-0.3, -0.25) is 9.36 Å². The number of H-pyrrole nitrogens is 1. The SMILES string of the molecule is O=C(NC1CCc2n[nH]c(=O)n2CC1)C1(c2ccc(Cl)cc2)CCC1. The van der Waals surface area contributed by atoms with Gasteiger partial charge < -0.3 is 5.32 Å². The number of hydrogen-bond donors (Lipinski definition) is 2. The molecule has 0 bridgehead atoms. The van der Waals surface area contributed by atoms with Crippen molar-refractivity contribution in [2.45, 2.75) is 56.5 Å². The van der Waals surface area contributed by atoms with Crippen LogP contribution < -0.4 is 11.0 Å². The average Bonchev–Trinajstić information content (AvgIpc) is 2.78. The first-order valence-corrected chi connectivity index (χ1v) is 9.17. The van der Waals surface area contributed by atoms with Crippen molar-refractivity contribution in [1.29, 1.82) is 0 Å². The number of hydrogen-bond acceptors (Lipinski definition) is 3. The van der Waals surface area contributed by atoms with E-state index in [0.29, 0.717) is 18.0 Å². The molecule has 1 saturated carbocycles. The number of nitrogens with zero attached hydrogens (tertiary/aromatic N) is 2. The smallest absolute Gasteiger partial charge is 0.343 e. The van der Waals surface area contributed by atoms with Gasteiger partial charge >= 0.3 is 5.69 Å². The quantitative estimate of drug-likeness (QED) is 0.880. The predicted molar refractivity (Wildman–Crippen MR) is 94.7 cm³/mol. The Hall–Kier alpha value is -2.08. The molecule has 7 heteroatoms. The molecule has 0 radical (unpaired) electrons. The number of benzene rings is 1. The molecule has 1 aromatic carbocycles. The van der Waals surface area contributed by atoms with Gasteiger partial charge in [-0.1, -0.05) is 30.2 Å². The zero-order chi connectivity index (χ0) is 17.4. The molecule has 1 aliphatic heterocycles. The number of aromatic nitrogens is 3. The van der Waals surface area contributed by atoms with E-state index in [0.717, 1.165) is 43.5 Å². The third-order valence-electron chi connectivity index (χ3n) is 5.63. The molecule has 4 rings (SSSR count). The minimum atomic E-state index is -0.429. The predicted octanol–water partition coefficient (Wildman–Crippen LogP) is 2.17. The van der Waals surface area contributed by atoms with E-state index >= 15 is 0 Å². The molecule has 1 aliphatic carbocycles. The Labute approximate surface area is 150 Å². The lowest BCUT2D eigenvalue weighted by molar-refractivity contribution is -0.130. The van der Waals surface area contributed by atoms with Crippen LogP contribution in [0.4, 0.5) is 0 Å². The number of fused-ring (bicyclic) bond motifs is 1. The van der Waals surface area contributed by atoms with Crippen molar-refractivity contribution in [3.05, 3.63) is 51.2 Å². The van der Waals surface area contributed by atoms with Crippen LogP contribution in [0.3, 0.4) is 0 Å². The summed E-state index contributed by atoms with van der Waals surface area (Å²) in [6.45, 7) is 0.587. The summed E-state index contributed by atoms with van der Waals surface area (Å²) >= 11 is 5.99. The van der Waals surface area contributed by atoms with Gasteiger partial charge in [0.05, 0.1) is 5.41 Å². The van der Waals surface area contributed by atoms with E-state index in [-0.39, 0.29) is 17.6 Å². The van der Waals surface area contributed by atoms with Crippen molar-refractivity contribution in [1.82, 2.24) is 20.1 Å². The van der Waals surface area contributed by atoms with E-state index < -0.39 is 5.41 Å². The van der Waals surface area contributed by atoms with Gasteiger partial charge in [-0.2, -0.15) is 5.10 Å². The standard InChI is InChI=1S/C18H21ClN4O2/c19-13-4-2-12(3-5-13)18(9-1-10-18)16(24)20-14-6-7-15-21-22-17(25)23(15)11-8-14/h2-5,14H,1,6-11H2,(H,20,24)(H,22,25). The number of amides is 1. The lowest BCUT2D eigenvalue weighted by Crippen LogP contribution is -2.52. The molecule has 1 fully saturated rings. The molecular formula is C18H21ClN4O2. The van der Waals surface area contributed by atoms with Crippen LogP contribution in [0.25, 0.3) is 0 Å². The first-order valence-electron chi connectivity index (χ1n) is 8.80. The van der Waals surface area contributed by atoms with Crippen LogP contribution in [0.1, 0.15) is 43.5 Å². The van der Waals surface area contributed by atoms with Crippen molar-refractivity contribution in [2.75, 3.05) is 0 Å². The molecule has 0 spiro atoms. The van der Waals surface area contributed by atoms with Gasteiger partial charge in [0.1, 0.15) is 5.82 Å². The van der Waals surface area contributed by atoms with Crippen LogP contribution in [0.5, 0.6) is 0 Å². The van der Waals surface area contributed by atoms with Crippen LogP contribution >= 0.6 is 11.6 Å². The number of halogens is 1. The maximum atomic E-state index is 13.1. The zero-order valence-corrected chi connectivity index (χ0v) is 14.7. The average molecular weight is 361 g/mol. The second kappa shape index (κ2) is 6.33. The first kappa shape index (κ1) is 16.4. The van der Waals surface area contributed by atoms with E-state index in [1.54, 1.807) is 4.57 Å². The summed E-state index contributed by atoms with van der Waals surface area (Å²) in [7, 11) is 0. The maximum Gasteiger partial charge on any atom is 0.343 e. The fraction of sp³-hybridized carbons (Fsp3) is 0.500. The summed E-state index contributed by atoms with van der Waals surface area (Å²) in [6, 6.07) is 7.69. The van der Waals surface area contributed by atoms with Gasteiger partial charge in [0.2, 0.25) is 5.91 Å². The van der Waals surface area contributed by atoms with E-state index in [2.05, 4.69) is 15.5 Å². The van der Waals surface area contributed by atoms with E-state index in [9.17, 15) is 9.59 Å². The molecule has 1 amide bonds. The Kier molecular flexibility index (Phi) is 4.15. The van der Waals surface area contributed by atoms with E-state index in [1.807, 2.05) is 24.3 Å². The van der Waals surface area contributed by atoms with Crippen LogP contribution in [0.15, 0.2) is 29.1 Å². The summed E-state index contributed by atoms with van der Waals surface area (Å²) in [5.74, 6) is 0.873. The lowest BCUT2D eigenvalue weighted by atomic mass is 9.63. The van der Waals surface area contributed by atoms with Crippen molar-refractivity contribution >= 4 is 17.5 Å². The fourth-order valence-electron chi connectivity index (χ4n) is 3.92. The molecule has 25 heavy (non-hydrogen) atoms. The number of carbonyl (C=O) groups excluding carboxylic acids is 1. The van der Waals surface area contributed by atoms with Gasteiger partial charge in [0.15, 0.2) is 0 Å². The summed E-state index contributed by atoms with van der Waals surface area (Å²) in [6.07, 6.45) is 5.04. The minimum Gasteiger partial charge on any atom is -0.353 e. The lowest BCUT2D eigenvalue weighted by Gasteiger charge is -2.41. The van der Waals surface area contributed by atoms with Gasteiger partial charge in [-0.15, -0.1) is 0 Å². The minimum absolute atomic E-state index is 0.0679. The van der Waals surface area contributed by atoms with Gasteiger partial charge in [0.25, 0.3) is 0 Å². The van der Waals surface area contributed by atoms with Crippen LogP contribution in [-0.4, -0.2) is 26.7 Å². The van der Waals surface area contributed by atoms with Crippen molar-refractivity contribution in [2.24, 2.45) is 0 Å². The van der Waals surface area contributed by atoms with E-state index in [1.165, 1.54) is 0 Å². The van der Waals surface area contributed by atoms with Crippen molar-refractivity contribution in [3.63, 3.8) is 0 Å². The Bertz CT molecular complexity index is 836. The highest BCUT2D eigenvalue weighted by Crippen LogP contribution is 2.44. The largest absolute Gasteiger partial charge is 0.353 e. The van der Waals surface area contributed by atoms with Crippen LogP contribution in [0, 0.1) is 0 Å². The van der Waals surface area contributed by atoms with Gasteiger partial charge in [-0.05, 0) is 43.4 Å². The summed E-state index contributed by atoms with van der Waals surface area (Å²) in [5, 5.41) is 10.5. The maximum absolute atomic E-state index is 13.1. The monoisotopic (exact) mass is 360 g/mol. The normalized spacial score (nSPS) is 21.7. The molecule has 2 heterocycles. The molecule has 1 aromatic heterocycles. The Morgan fingerprint density at radius 1 is 1.28 bits per heavy atom. The summed E-state index contributed by atoms with van der Waals surface area (Å²) < 4.78 is 1.67. The second-order valence-corrected chi connectivity index (χ2v) is 7.47. The second-order valence-electron chi connectivity index (χ2n) is 7.04. The number of aromatic amines is 1. The molecule has 0 saturated heterocycles. The molecule has 1 unspecified atom stereocenters. The highest BCUT2D eigenvalue weighted by Gasteiger charge is 2.46. The zero-order valence-electron chi connectivity index (χ0n) is 13.9. The Balaban J connectivity index is 1.48. The molecule has 6 nitrogen and oxygen atoms in total. The Morgan fingerprint density at radius 3 is 2.72 bits per heavy atom. The number of aryl methyl sites for hydroxylation is 1. The number of nitrogens with one attached hydrogen (secondary N) is 2. The highest BCUT2D eigenvalue weighted by molar-refractivity contribution is 6.30. The number of carbonyl (C=O) groups is 1. The van der Waals surface area contributed by atoms with E-state index in [4.69, 9.17) is 11.6 Å². The third kappa shape index (κ3) is 2.88. The fourth-order valence-corrected chi connectivity index (χ4v) is 4.04. The highest BCUT2D eigenvalue weighted by atomic mass is 35.5. The molecular weight excluding hydrogens is 340 g/mol. The molecule has 132 valence electrons. The van der Waals surface area contributed by atoms with Crippen LogP contribution in [0.2, 0.25) is 5.02 Å². The van der Waals surface area contributed by atoms with Crippen molar-refractivity contribution in [3.8, 4) is 0 Å². The molecule has 2 aliphatic rings. The van der Waals surface area contributed by atoms with Gasteiger partial charge in [-0.25, -0.2) is 9.89 Å². The molecule has 2 N–H and O–H groups in total. The third-order valence-corrected chi connectivity index (χ3v) is 5.88. The van der Waals surface area contributed by atoms with Crippen molar-refractivity contribution < 1.29 is 4.79 Å². The first-order chi connectivity index (χ1) is 12.1. The Morgan fingerprint density at radius 2 is 2.04 bits per heavy atom. The van der Waals surface area contributed by atoms with Crippen LogP contribution in [-0.2, 0) is 23.2 Å².